The molecule has 30 heavy (non-hydrogen) atoms. The monoisotopic (exact) mass is 416 g/mol. The first kappa shape index (κ1) is 19.0. The number of nitrogens with zero attached hydrogens (tertiary/aromatic N) is 4. The third-order valence-corrected chi connectivity index (χ3v) is 7.22. The number of hydrogen-bond donors (Lipinski definition) is 0. The van der Waals surface area contributed by atoms with Gasteiger partial charge in [-0.25, -0.2) is 9.67 Å². The van der Waals surface area contributed by atoms with Crippen molar-refractivity contribution in [1.82, 2.24) is 19.7 Å². The summed E-state index contributed by atoms with van der Waals surface area (Å²) < 4.78 is 3.11. The van der Waals surface area contributed by atoms with Crippen LogP contribution in [0, 0.1) is 13.8 Å². The number of carbonyl (C=O) groups is 1. The first-order valence-electron chi connectivity index (χ1n) is 10.4. The molecule has 6 heteroatoms. The number of rotatable bonds is 3. The Morgan fingerprint density at radius 1 is 1.03 bits per heavy atom. The summed E-state index contributed by atoms with van der Waals surface area (Å²) in [5, 5.41) is 5.71. The fourth-order valence-electron chi connectivity index (χ4n) is 4.23. The van der Waals surface area contributed by atoms with E-state index in [4.69, 9.17) is 4.98 Å². The highest BCUT2D eigenvalue weighted by Crippen LogP contribution is 2.34. The Morgan fingerprint density at radius 2 is 1.77 bits per heavy atom. The lowest BCUT2D eigenvalue weighted by molar-refractivity contribution is 0.0712. The van der Waals surface area contributed by atoms with E-state index >= 15 is 0 Å². The molecule has 152 valence electrons. The predicted molar refractivity (Wildman–Crippen MR) is 121 cm³/mol. The molecule has 0 bridgehead atoms. The Bertz CT molecular complexity index is 1180. The van der Waals surface area contributed by atoms with E-state index < -0.39 is 0 Å². The first-order chi connectivity index (χ1) is 14.6. The number of para-hydroxylation sites is 2. The van der Waals surface area contributed by atoms with Crippen molar-refractivity contribution in [2.45, 2.75) is 32.6 Å². The van der Waals surface area contributed by atoms with Gasteiger partial charge in [0.1, 0.15) is 0 Å². The van der Waals surface area contributed by atoms with Gasteiger partial charge in [-0.3, -0.25) is 4.79 Å². The smallest absolute Gasteiger partial charge is 0.257 e. The van der Waals surface area contributed by atoms with Crippen LogP contribution < -0.4 is 0 Å². The minimum atomic E-state index is 0.0788. The number of thiazole rings is 1. The molecule has 2 aromatic carbocycles. The average Bonchev–Trinajstić information content (AvgIpc) is 3.37. The number of fused-ring (bicyclic) bond motifs is 1. The summed E-state index contributed by atoms with van der Waals surface area (Å²) in [5.74, 6) is 0.511. The van der Waals surface area contributed by atoms with Crippen molar-refractivity contribution < 1.29 is 4.79 Å². The molecule has 2 aromatic heterocycles. The highest BCUT2D eigenvalue weighted by Gasteiger charge is 2.28. The van der Waals surface area contributed by atoms with Crippen LogP contribution in [0.1, 0.15) is 45.4 Å². The van der Waals surface area contributed by atoms with Gasteiger partial charge in [0, 0.05) is 19.0 Å². The van der Waals surface area contributed by atoms with Crippen LogP contribution in [-0.2, 0) is 0 Å². The molecule has 0 aliphatic carbocycles. The van der Waals surface area contributed by atoms with Gasteiger partial charge in [-0.1, -0.05) is 30.3 Å². The van der Waals surface area contributed by atoms with Crippen LogP contribution in [0.4, 0.5) is 0 Å². The minimum absolute atomic E-state index is 0.0788. The zero-order valence-corrected chi connectivity index (χ0v) is 18.0. The molecule has 0 N–H and O–H groups in total. The molecule has 1 fully saturated rings. The highest BCUT2D eigenvalue weighted by molar-refractivity contribution is 7.18. The molecule has 5 nitrogen and oxygen atoms in total. The second kappa shape index (κ2) is 7.69. The summed E-state index contributed by atoms with van der Waals surface area (Å²) in [4.78, 5) is 20.0. The van der Waals surface area contributed by atoms with Crippen LogP contribution in [-0.4, -0.2) is 38.7 Å². The Labute approximate surface area is 180 Å². The van der Waals surface area contributed by atoms with Crippen molar-refractivity contribution >= 4 is 27.5 Å². The van der Waals surface area contributed by atoms with Crippen LogP contribution in [0.5, 0.6) is 0 Å². The molecule has 1 aliphatic rings. The Morgan fingerprint density at radius 3 is 2.53 bits per heavy atom. The van der Waals surface area contributed by atoms with Crippen LogP contribution in [0.3, 0.4) is 0 Å². The zero-order chi connectivity index (χ0) is 20.7. The highest BCUT2D eigenvalue weighted by atomic mass is 32.1. The summed E-state index contributed by atoms with van der Waals surface area (Å²) in [5.41, 5.74) is 4.82. The van der Waals surface area contributed by atoms with Gasteiger partial charge in [-0.2, -0.15) is 5.10 Å². The molecule has 0 atom stereocenters. The van der Waals surface area contributed by atoms with E-state index in [2.05, 4.69) is 36.3 Å². The third kappa shape index (κ3) is 3.31. The maximum absolute atomic E-state index is 13.2. The number of benzene rings is 2. The molecular formula is C24H24N4OS. The molecular weight excluding hydrogens is 392 g/mol. The molecule has 1 aliphatic heterocycles. The summed E-state index contributed by atoms with van der Waals surface area (Å²) in [6.45, 7) is 5.55. The molecule has 3 heterocycles. The SMILES string of the molecule is Cc1ccccc1-n1ncc(C(=O)N2CCC(c3nc4ccccc4s3)CC2)c1C. The molecule has 0 saturated carbocycles. The average molecular weight is 417 g/mol. The summed E-state index contributed by atoms with van der Waals surface area (Å²) in [6.07, 6.45) is 3.62. The van der Waals surface area contributed by atoms with Crippen LogP contribution in [0.25, 0.3) is 15.9 Å². The van der Waals surface area contributed by atoms with E-state index in [-0.39, 0.29) is 5.91 Å². The van der Waals surface area contributed by atoms with E-state index in [0.29, 0.717) is 11.5 Å². The van der Waals surface area contributed by atoms with Gasteiger partial charge in [0.2, 0.25) is 0 Å². The zero-order valence-electron chi connectivity index (χ0n) is 17.2. The summed E-state index contributed by atoms with van der Waals surface area (Å²) in [6, 6.07) is 16.4. The Kier molecular flexibility index (Phi) is 4.87. The fourth-order valence-corrected chi connectivity index (χ4v) is 5.36. The topological polar surface area (TPSA) is 51.0 Å². The van der Waals surface area contributed by atoms with Gasteiger partial charge in [0.25, 0.3) is 5.91 Å². The van der Waals surface area contributed by atoms with Crippen molar-refractivity contribution in [1.29, 1.82) is 0 Å². The quantitative estimate of drug-likeness (QED) is 0.466. The number of piperidine rings is 1. The van der Waals surface area contributed by atoms with E-state index in [1.807, 2.05) is 40.8 Å². The van der Waals surface area contributed by atoms with E-state index in [1.165, 1.54) is 9.71 Å². The van der Waals surface area contributed by atoms with Gasteiger partial charge in [0.05, 0.1) is 38.4 Å². The third-order valence-electron chi connectivity index (χ3n) is 6.03. The molecule has 0 radical (unpaired) electrons. The number of carbonyl (C=O) groups excluding carboxylic acids is 1. The van der Waals surface area contributed by atoms with E-state index in [0.717, 1.165) is 48.4 Å². The second-order valence-electron chi connectivity index (χ2n) is 7.93. The van der Waals surface area contributed by atoms with Crippen molar-refractivity contribution in [2.24, 2.45) is 0 Å². The van der Waals surface area contributed by atoms with Crippen molar-refractivity contribution in [3.63, 3.8) is 0 Å². The summed E-state index contributed by atoms with van der Waals surface area (Å²) >= 11 is 1.79. The lowest BCUT2D eigenvalue weighted by atomic mass is 9.97. The van der Waals surface area contributed by atoms with Crippen molar-refractivity contribution in [2.75, 3.05) is 13.1 Å². The molecule has 1 amide bonds. The lowest BCUT2D eigenvalue weighted by Crippen LogP contribution is -2.38. The number of aromatic nitrogens is 3. The molecule has 1 saturated heterocycles. The number of aryl methyl sites for hydroxylation is 1. The van der Waals surface area contributed by atoms with Crippen LogP contribution in [0.15, 0.2) is 54.7 Å². The largest absolute Gasteiger partial charge is 0.338 e. The van der Waals surface area contributed by atoms with E-state index in [1.54, 1.807) is 17.5 Å². The number of amides is 1. The molecule has 4 aromatic rings. The maximum atomic E-state index is 13.2. The van der Waals surface area contributed by atoms with Crippen LogP contribution in [0.2, 0.25) is 0 Å². The van der Waals surface area contributed by atoms with Gasteiger partial charge in [0.15, 0.2) is 0 Å². The number of likely N-dealkylation sites (tertiary alicyclic amines) is 1. The van der Waals surface area contributed by atoms with Gasteiger partial charge in [-0.15, -0.1) is 11.3 Å². The molecule has 0 unspecified atom stereocenters. The van der Waals surface area contributed by atoms with Gasteiger partial charge in [-0.05, 0) is 50.5 Å². The molecule has 0 spiro atoms. The fraction of sp³-hybridized carbons (Fsp3) is 0.292. The Hall–Kier alpha value is -2.99. The van der Waals surface area contributed by atoms with Crippen molar-refractivity contribution in [3.8, 4) is 5.69 Å². The normalized spacial score (nSPS) is 15.1. The van der Waals surface area contributed by atoms with Crippen molar-refractivity contribution in [3.05, 3.63) is 76.6 Å². The number of hydrogen-bond acceptors (Lipinski definition) is 4. The predicted octanol–water partition coefficient (Wildman–Crippen LogP) is 5.12. The van der Waals surface area contributed by atoms with Gasteiger partial charge < -0.3 is 4.90 Å². The maximum Gasteiger partial charge on any atom is 0.257 e. The first-order valence-corrected chi connectivity index (χ1v) is 11.2. The minimum Gasteiger partial charge on any atom is -0.338 e. The Balaban J connectivity index is 1.31. The lowest BCUT2D eigenvalue weighted by Gasteiger charge is -2.31. The summed E-state index contributed by atoms with van der Waals surface area (Å²) in [7, 11) is 0. The molecule has 5 rings (SSSR count). The van der Waals surface area contributed by atoms with E-state index in [9.17, 15) is 4.79 Å². The standard InChI is InChI=1S/C24H24N4OS/c1-16-7-3-5-9-21(16)28-17(2)19(15-25-28)24(29)27-13-11-18(12-14-27)23-26-20-8-4-6-10-22(20)30-23/h3-10,15,18H,11-14H2,1-2H3. The van der Waals surface area contributed by atoms with Gasteiger partial charge >= 0.3 is 0 Å². The van der Waals surface area contributed by atoms with Crippen LogP contribution >= 0.6 is 11.3 Å². The second-order valence-corrected chi connectivity index (χ2v) is 8.99.